The van der Waals surface area contributed by atoms with Gasteiger partial charge in [0.2, 0.25) is 0 Å². The van der Waals surface area contributed by atoms with E-state index in [-0.39, 0.29) is 11.0 Å². The van der Waals surface area contributed by atoms with Crippen molar-refractivity contribution in [2.75, 3.05) is 5.73 Å². The molecule has 4 heteroatoms. The molecule has 3 saturated carbocycles. The summed E-state index contributed by atoms with van der Waals surface area (Å²) in [5, 5.41) is 8.37. The molecule has 0 saturated heterocycles. The van der Waals surface area contributed by atoms with Crippen molar-refractivity contribution in [1.82, 2.24) is 10.2 Å². The SMILES string of the molecule is CC(C)(C)O[C@H]1CC[C@@]2(C)[C@@H](CC[C@@H]3[C@@H]2CC[C@]2(C)C(c4ccc5c(N)n[nH]c5c4)=CC[C@@H]32)C1. The number of allylic oxidation sites excluding steroid dienone is 2. The molecule has 184 valence electrons. The van der Waals surface area contributed by atoms with Crippen LogP contribution in [-0.2, 0) is 4.74 Å². The van der Waals surface area contributed by atoms with Crippen LogP contribution in [0.1, 0.15) is 91.5 Å². The second-order valence-corrected chi connectivity index (χ2v) is 13.5. The molecule has 4 aliphatic carbocycles. The van der Waals surface area contributed by atoms with Crippen LogP contribution >= 0.6 is 0 Å². The van der Waals surface area contributed by atoms with E-state index in [0.29, 0.717) is 17.3 Å². The van der Waals surface area contributed by atoms with E-state index in [1.165, 1.54) is 56.9 Å². The molecule has 0 radical (unpaired) electrons. The summed E-state index contributed by atoms with van der Waals surface area (Å²) in [6.45, 7) is 11.9. The average molecular weight is 462 g/mol. The lowest BCUT2D eigenvalue weighted by molar-refractivity contribution is -0.148. The van der Waals surface area contributed by atoms with Gasteiger partial charge in [0.05, 0.1) is 17.2 Å². The maximum absolute atomic E-state index is 6.47. The van der Waals surface area contributed by atoms with Gasteiger partial charge in [-0.15, -0.1) is 0 Å². The molecule has 4 aliphatic rings. The first kappa shape index (κ1) is 22.6. The number of hydrogen-bond donors (Lipinski definition) is 2. The Labute approximate surface area is 205 Å². The highest BCUT2D eigenvalue weighted by Gasteiger charge is 2.58. The number of H-pyrrole nitrogens is 1. The van der Waals surface area contributed by atoms with E-state index in [0.717, 1.165) is 34.6 Å². The van der Waals surface area contributed by atoms with Crippen LogP contribution in [-0.4, -0.2) is 21.9 Å². The topological polar surface area (TPSA) is 63.9 Å². The number of hydrogen-bond acceptors (Lipinski definition) is 3. The second-order valence-electron chi connectivity index (χ2n) is 13.5. The molecule has 0 spiro atoms. The molecule has 3 fully saturated rings. The summed E-state index contributed by atoms with van der Waals surface area (Å²) in [6, 6.07) is 6.70. The lowest BCUT2D eigenvalue weighted by Gasteiger charge is -2.61. The molecule has 0 amide bonds. The molecule has 7 atom stereocenters. The quantitative estimate of drug-likeness (QED) is 0.491. The van der Waals surface area contributed by atoms with E-state index >= 15 is 0 Å². The number of aromatic amines is 1. The number of fused-ring (bicyclic) bond motifs is 6. The molecule has 3 N–H and O–H groups in total. The molecule has 4 nitrogen and oxygen atoms in total. The zero-order valence-electron chi connectivity index (χ0n) is 21.8. The Morgan fingerprint density at radius 1 is 1.06 bits per heavy atom. The number of rotatable bonds is 2. The molecule has 1 aromatic heterocycles. The number of nitrogens with two attached hydrogens (primary N) is 1. The first-order valence-electron chi connectivity index (χ1n) is 13.7. The summed E-state index contributed by atoms with van der Waals surface area (Å²) >= 11 is 0. The number of benzene rings is 1. The number of aromatic nitrogens is 2. The van der Waals surface area contributed by atoms with Crippen molar-refractivity contribution in [2.24, 2.45) is 34.5 Å². The van der Waals surface area contributed by atoms with Crippen molar-refractivity contribution < 1.29 is 4.74 Å². The van der Waals surface area contributed by atoms with Crippen molar-refractivity contribution in [3.63, 3.8) is 0 Å². The Morgan fingerprint density at radius 3 is 2.68 bits per heavy atom. The lowest BCUT2D eigenvalue weighted by atomic mass is 9.44. The van der Waals surface area contributed by atoms with Gasteiger partial charge in [-0.1, -0.05) is 26.0 Å². The van der Waals surface area contributed by atoms with Gasteiger partial charge in [0, 0.05) is 5.39 Å². The van der Waals surface area contributed by atoms with Crippen molar-refractivity contribution in [2.45, 2.75) is 97.7 Å². The fourth-order valence-electron chi connectivity index (χ4n) is 9.05. The van der Waals surface area contributed by atoms with E-state index in [1.54, 1.807) is 5.57 Å². The Morgan fingerprint density at radius 2 is 1.88 bits per heavy atom. The lowest BCUT2D eigenvalue weighted by Crippen LogP contribution is -2.54. The van der Waals surface area contributed by atoms with Crippen LogP contribution in [0, 0.1) is 34.5 Å². The summed E-state index contributed by atoms with van der Waals surface area (Å²) in [6.07, 6.45) is 13.6. The highest BCUT2D eigenvalue weighted by Crippen LogP contribution is 2.67. The Bertz CT molecular complexity index is 1130. The number of nitrogens with one attached hydrogen (secondary N) is 1. The number of nitrogens with zero attached hydrogens (tertiary/aromatic N) is 1. The summed E-state index contributed by atoms with van der Waals surface area (Å²) in [4.78, 5) is 0. The summed E-state index contributed by atoms with van der Waals surface area (Å²) in [5.41, 5.74) is 10.8. The average Bonchev–Trinajstić information content (AvgIpc) is 3.32. The van der Waals surface area contributed by atoms with E-state index in [4.69, 9.17) is 10.5 Å². The standard InChI is InChI=1S/C30H43N3O/c1-28(2,3)34-20-12-14-29(4)19(17-20)7-9-21-24-11-10-23(30(24,5)15-13-25(21)29)18-6-8-22-26(16-18)32-33-27(22)31/h6,8,10,16,19-21,24-25H,7,9,11-15,17H2,1-5H3,(H3,31,32,33)/t19-,20-,21-,24-,25-,29-,30+/m0/s1. The molecular weight excluding hydrogens is 418 g/mol. The largest absolute Gasteiger partial charge is 0.382 e. The fraction of sp³-hybridized carbons (Fsp3) is 0.700. The summed E-state index contributed by atoms with van der Waals surface area (Å²) in [7, 11) is 0. The van der Waals surface area contributed by atoms with Gasteiger partial charge in [0.1, 0.15) is 0 Å². The summed E-state index contributed by atoms with van der Waals surface area (Å²) < 4.78 is 6.47. The van der Waals surface area contributed by atoms with Crippen molar-refractivity contribution >= 4 is 22.3 Å². The maximum Gasteiger partial charge on any atom is 0.153 e. The minimum atomic E-state index is -0.0287. The third kappa shape index (κ3) is 3.38. The van der Waals surface area contributed by atoms with E-state index in [1.807, 2.05) is 0 Å². The fourth-order valence-corrected chi connectivity index (χ4v) is 9.05. The number of anilines is 1. The minimum Gasteiger partial charge on any atom is -0.382 e. The second kappa shape index (κ2) is 7.59. The highest BCUT2D eigenvalue weighted by atomic mass is 16.5. The van der Waals surface area contributed by atoms with Gasteiger partial charge in [-0.25, -0.2) is 0 Å². The first-order valence-corrected chi connectivity index (χ1v) is 13.7. The number of nitrogen functional groups attached to an aromatic ring is 1. The molecule has 1 heterocycles. The van der Waals surface area contributed by atoms with Crippen LogP contribution in [0.5, 0.6) is 0 Å². The molecule has 34 heavy (non-hydrogen) atoms. The maximum atomic E-state index is 6.47. The first-order chi connectivity index (χ1) is 16.1. The van der Waals surface area contributed by atoms with Crippen LogP contribution < -0.4 is 5.73 Å². The Hall–Kier alpha value is -1.81. The molecule has 0 aliphatic heterocycles. The van der Waals surface area contributed by atoms with Gasteiger partial charge in [-0.2, -0.15) is 5.10 Å². The monoisotopic (exact) mass is 461 g/mol. The third-order valence-corrected chi connectivity index (χ3v) is 10.6. The molecule has 6 rings (SSSR count). The Balaban J connectivity index is 1.23. The molecule has 2 aromatic rings. The van der Waals surface area contributed by atoms with E-state index in [2.05, 4.69) is 69.1 Å². The summed E-state index contributed by atoms with van der Waals surface area (Å²) in [5.74, 6) is 3.95. The molecule has 1 aromatic carbocycles. The van der Waals surface area contributed by atoms with Crippen LogP contribution in [0.3, 0.4) is 0 Å². The highest BCUT2D eigenvalue weighted by molar-refractivity contribution is 5.91. The zero-order valence-corrected chi connectivity index (χ0v) is 21.8. The zero-order chi connectivity index (χ0) is 23.9. The smallest absolute Gasteiger partial charge is 0.153 e. The minimum absolute atomic E-state index is 0.0287. The number of ether oxygens (including phenoxy) is 1. The van der Waals surface area contributed by atoms with Crippen molar-refractivity contribution in [3.8, 4) is 0 Å². The third-order valence-electron chi connectivity index (χ3n) is 10.6. The van der Waals surface area contributed by atoms with E-state index in [9.17, 15) is 0 Å². The Kier molecular flexibility index (Phi) is 5.06. The molecule has 0 unspecified atom stereocenters. The normalized spacial score (nSPS) is 39.9. The van der Waals surface area contributed by atoms with Crippen molar-refractivity contribution in [3.05, 3.63) is 29.8 Å². The van der Waals surface area contributed by atoms with Crippen molar-refractivity contribution in [1.29, 1.82) is 0 Å². The predicted molar refractivity (Wildman–Crippen MR) is 140 cm³/mol. The van der Waals surface area contributed by atoms with Crippen LogP contribution in [0.15, 0.2) is 24.3 Å². The van der Waals surface area contributed by atoms with Gasteiger partial charge in [0.25, 0.3) is 0 Å². The van der Waals surface area contributed by atoms with Crippen LogP contribution in [0.4, 0.5) is 5.82 Å². The van der Waals surface area contributed by atoms with Gasteiger partial charge in [-0.05, 0) is 130 Å². The van der Waals surface area contributed by atoms with Crippen LogP contribution in [0.2, 0.25) is 0 Å². The van der Waals surface area contributed by atoms with Gasteiger partial charge in [0.15, 0.2) is 5.82 Å². The van der Waals surface area contributed by atoms with Crippen LogP contribution in [0.25, 0.3) is 16.5 Å². The van der Waals surface area contributed by atoms with Gasteiger partial charge in [-0.3, -0.25) is 5.10 Å². The molecular formula is C30H43N3O. The van der Waals surface area contributed by atoms with Gasteiger partial charge >= 0.3 is 0 Å². The predicted octanol–water partition coefficient (Wildman–Crippen LogP) is 7.36. The van der Waals surface area contributed by atoms with Gasteiger partial charge < -0.3 is 10.5 Å². The molecule has 0 bridgehead atoms. The van der Waals surface area contributed by atoms with E-state index < -0.39 is 0 Å².